The first kappa shape index (κ1) is 15.1. The zero-order valence-electron chi connectivity index (χ0n) is 12.7. The molecule has 0 aliphatic carbocycles. The molecule has 5 nitrogen and oxygen atoms in total. The average molecular weight is 319 g/mol. The molecule has 1 unspecified atom stereocenters. The summed E-state index contributed by atoms with van der Waals surface area (Å²) < 4.78 is 5.24. The molecule has 2 amide bonds. The maximum Gasteiger partial charge on any atom is 0.317 e. The van der Waals surface area contributed by atoms with Gasteiger partial charge in [0.1, 0.15) is 5.76 Å². The fraction of sp³-hybridized carbons (Fsp3) is 0.500. The molecular formula is C16H21N3O2S. The van der Waals surface area contributed by atoms with Crippen LogP contribution in [0.4, 0.5) is 4.79 Å². The van der Waals surface area contributed by atoms with E-state index in [2.05, 4.69) is 22.6 Å². The van der Waals surface area contributed by atoms with Gasteiger partial charge in [0.2, 0.25) is 0 Å². The zero-order chi connectivity index (χ0) is 15.4. The highest BCUT2D eigenvalue weighted by Gasteiger charge is 2.26. The number of rotatable bonds is 4. The van der Waals surface area contributed by atoms with Crippen molar-refractivity contribution in [3.05, 3.63) is 40.2 Å². The minimum atomic E-state index is -0.0200. The van der Waals surface area contributed by atoms with Gasteiger partial charge in [0.05, 0.1) is 23.5 Å². The molecule has 2 aromatic heterocycles. The van der Waals surface area contributed by atoms with E-state index >= 15 is 0 Å². The fourth-order valence-electron chi connectivity index (χ4n) is 2.72. The van der Waals surface area contributed by atoms with Gasteiger partial charge >= 0.3 is 6.03 Å². The van der Waals surface area contributed by atoms with Crippen molar-refractivity contribution >= 4 is 17.4 Å². The molecule has 0 bridgehead atoms. The Bertz CT molecular complexity index is 609. The standard InChI is InChI=1S/C16H21N3O2S/c1-2-13-11-22-15(18-13)12-5-3-7-19(10-12)16(20)17-9-14-6-4-8-21-14/h4,6,8,11-12H,2-3,5,7,9-10H2,1H3,(H,17,20). The molecular weight excluding hydrogens is 298 g/mol. The van der Waals surface area contributed by atoms with Crippen LogP contribution < -0.4 is 5.32 Å². The van der Waals surface area contributed by atoms with Crippen LogP contribution in [-0.2, 0) is 13.0 Å². The van der Waals surface area contributed by atoms with Crippen molar-refractivity contribution in [1.29, 1.82) is 0 Å². The molecule has 0 radical (unpaired) electrons. The van der Waals surface area contributed by atoms with E-state index < -0.39 is 0 Å². The number of furan rings is 1. The molecule has 1 aliphatic heterocycles. The third kappa shape index (κ3) is 3.50. The van der Waals surface area contributed by atoms with E-state index in [0.29, 0.717) is 12.5 Å². The second-order valence-corrected chi connectivity index (χ2v) is 6.44. The zero-order valence-corrected chi connectivity index (χ0v) is 13.6. The minimum Gasteiger partial charge on any atom is -0.467 e. The molecule has 22 heavy (non-hydrogen) atoms. The van der Waals surface area contributed by atoms with Gasteiger partial charge in [-0.05, 0) is 31.4 Å². The third-order valence-corrected chi connectivity index (χ3v) is 5.04. The normalized spacial score (nSPS) is 18.4. The van der Waals surface area contributed by atoms with E-state index in [1.165, 1.54) is 5.01 Å². The van der Waals surface area contributed by atoms with Gasteiger partial charge in [0, 0.05) is 24.4 Å². The lowest BCUT2D eigenvalue weighted by Gasteiger charge is -2.31. The predicted molar refractivity (Wildman–Crippen MR) is 86.0 cm³/mol. The van der Waals surface area contributed by atoms with Crippen LogP contribution in [0.5, 0.6) is 0 Å². The summed E-state index contributed by atoms with van der Waals surface area (Å²) in [6, 6.07) is 3.67. The predicted octanol–water partition coefficient (Wildman–Crippen LogP) is 3.39. The molecule has 1 atom stereocenters. The number of piperidine rings is 1. The first-order chi connectivity index (χ1) is 10.8. The maximum absolute atomic E-state index is 12.3. The first-order valence-corrected chi connectivity index (χ1v) is 8.63. The highest BCUT2D eigenvalue weighted by Crippen LogP contribution is 2.29. The summed E-state index contributed by atoms with van der Waals surface area (Å²) in [7, 11) is 0. The molecule has 0 spiro atoms. The number of nitrogens with one attached hydrogen (secondary N) is 1. The molecule has 1 fully saturated rings. The molecule has 0 aromatic carbocycles. The van der Waals surface area contributed by atoms with E-state index in [1.54, 1.807) is 17.6 Å². The lowest BCUT2D eigenvalue weighted by molar-refractivity contribution is 0.178. The minimum absolute atomic E-state index is 0.0200. The van der Waals surface area contributed by atoms with Crippen molar-refractivity contribution in [2.24, 2.45) is 0 Å². The number of hydrogen-bond donors (Lipinski definition) is 1. The Hall–Kier alpha value is -1.82. The third-order valence-electron chi connectivity index (χ3n) is 3.98. The van der Waals surface area contributed by atoms with Crippen LogP contribution in [0.25, 0.3) is 0 Å². The molecule has 0 saturated carbocycles. The Labute approximate surface area is 134 Å². The van der Waals surface area contributed by atoms with Gasteiger partial charge < -0.3 is 14.6 Å². The maximum atomic E-state index is 12.3. The quantitative estimate of drug-likeness (QED) is 0.940. The molecule has 3 rings (SSSR count). The average Bonchev–Trinajstić information content (AvgIpc) is 3.24. The van der Waals surface area contributed by atoms with E-state index in [-0.39, 0.29) is 6.03 Å². The Balaban J connectivity index is 1.56. The molecule has 3 heterocycles. The van der Waals surface area contributed by atoms with Crippen LogP contribution in [0, 0.1) is 0 Å². The molecule has 1 aliphatic rings. The number of amides is 2. The number of thiazole rings is 1. The van der Waals surface area contributed by atoms with Crippen molar-refractivity contribution in [2.75, 3.05) is 13.1 Å². The Morgan fingerprint density at radius 3 is 3.23 bits per heavy atom. The Morgan fingerprint density at radius 1 is 1.59 bits per heavy atom. The van der Waals surface area contributed by atoms with Gasteiger partial charge in [-0.15, -0.1) is 11.3 Å². The summed E-state index contributed by atoms with van der Waals surface area (Å²) in [6.07, 6.45) is 4.72. The topological polar surface area (TPSA) is 58.4 Å². The summed E-state index contributed by atoms with van der Waals surface area (Å²) in [5.41, 5.74) is 1.15. The van der Waals surface area contributed by atoms with Crippen LogP contribution in [0.3, 0.4) is 0 Å². The van der Waals surface area contributed by atoms with Gasteiger partial charge in [-0.2, -0.15) is 0 Å². The number of aryl methyl sites for hydroxylation is 1. The molecule has 118 valence electrons. The number of urea groups is 1. The van der Waals surface area contributed by atoms with E-state index in [0.717, 1.165) is 43.8 Å². The molecule has 6 heteroatoms. The number of nitrogens with zero attached hydrogens (tertiary/aromatic N) is 2. The van der Waals surface area contributed by atoms with Crippen LogP contribution in [-0.4, -0.2) is 29.0 Å². The van der Waals surface area contributed by atoms with E-state index in [1.807, 2.05) is 17.0 Å². The van der Waals surface area contributed by atoms with Gasteiger partial charge in [-0.25, -0.2) is 9.78 Å². The monoisotopic (exact) mass is 319 g/mol. The van der Waals surface area contributed by atoms with Crippen LogP contribution >= 0.6 is 11.3 Å². The van der Waals surface area contributed by atoms with Crippen molar-refractivity contribution < 1.29 is 9.21 Å². The van der Waals surface area contributed by atoms with Gasteiger partial charge in [0.25, 0.3) is 0 Å². The smallest absolute Gasteiger partial charge is 0.317 e. The van der Waals surface area contributed by atoms with Crippen LogP contribution in [0.2, 0.25) is 0 Å². The summed E-state index contributed by atoms with van der Waals surface area (Å²) in [4.78, 5) is 18.9. The Kier molecular flexibility index (Phi) is 4.77. The number of carbonyl (C=O) groups excluding carboxylic acids is 1. The van der Waals surface area contributed by atoms with Crippen molar-refractivity contribution in [3.63, 3.8) is 0 Å². The molecule has 1 N–H and O–H groups in total. The highest BCUT2D eigenvalue weighted by molar-refractivity contribution is 7.09. The summed E-state index contributed by atoms with van der Waals surface area (Å²) in [6.45, 7) is 4.12. The van der Waals surface area contributed by atoms with E-state index in [9.17, 15) is 4.79 Å². The van der Waals surface area contributed by atoms with Crippen LogP contribution in [0.1, 0.15) is 42.1 Å². The van der Waals surface area contributed by atoms with Crippen molar-refractivity contribution in [3.8, 4) is 0 Å². The number of aromatic nitrogens is 1. The lowest BCUT2D eigenvalue weighted by atomic mass is 9.99. The fourth-order valence-corrected chi connectivity index (χ4v) is 3.75. The number of carbonyl (C=O) groups is 1. The summed E-state index contributed by atoms with van der Waals surface area (Å²) in [5.74, 6) is 1.14. The van der Waals surface area contributed by atoms with Gasteiger partial charge in [-0.1, -0.05) is 6.92 Å². The highest BCUT2D eigenvalue weighted by atomic mass is 32.1. The van der Waals surface area contributed by atoms with Gasteiger partial charge in [-0.3, -0.25) is 0 Å². The summed E-state index contributed by atoms with van der Waals surface area (Å²) in [5, 5.41) is 6.22. The molecule has 1 saturated heterocycles. The second-order valence-electron chi connectivity index (χ2n) is 5.55. The first-order valence-electron chi connectivity index (χ1n) is 7.75. The number of hydrogen-bond acceptors (Lipinski definition) is 4. The van der Waals surface area contributed by atoms with Gasteiger partial charge in [0.15, 0.2) is 0 Å². The lowest BCUT2D eigenvalue weighted by Crippen LogP contribution is -2.44. The Morgan fingerprint density at radius 2 is 2.50 bits per heavy atom. The van der Waals surface area contributed by atoms with Crippen LogP contribution in [0.15, 0.2) is 28.2 Å². The molecule has 2 aromatic rings. The second kappa shape index (κ2) is 6.96. The largest absolute Gasteiger partial charge is 0.467 e. The summed E-state index contributed by atoms with van der Waals surface area (Å²) >= 11 is 1.72. The number of likely N-dealkylation sites (tertiary alicyclic amines) is 1. The van der Waals surface area contributed by atoms with Crippen molar-refractivity contribution in [2.45, 2.75) is 38.6 Å². The van der Waals surface area contributed by atoms with E-state index in [4.69, 9.17) is 4.42 Å². The van der Waals surface area contributed by atoms with Crippen molar-refractivity contribution in [1.82, 2.24) is 15.2 Å². The SMILES string of the molecule is CCc1csc(C2CCCN(C(=O)NCc3ccco3)C2)n1.